The van der Waals surface area contributed by atoms with Crippen LogP contribution >= 0.6 is 23.1 Å². The molecule has 0 aliphatic heterocycles. The van der Waals surface area contributed by atoms with Crippen molar-refractivity contribution in [1.82, 2.24) is 10.3 Å². The van der Waals surface area contributed by atoms with E-state index in [2.05, 4.69) is 26.1 Å². The van der Waals surface area contributed by atoms with Crippen LogP contribution in [0.3, 0.4) is 0 Å². The lowest BCUT2D eigenvalue weighted by Crippen LogP contribution is -2.14. The summed E-state index contributed by atoms with van der Waals surface area (Å²) in [7, 11) is 1.73. The smallest absolute Gasteiger partial charge is 0.103 e. The summed E-state index contributed by atoms with van der Waals surface area (Å²) in [5, 5.41) is 5.36. The SMILES string of the molecule is CCCCNCc1sc(CSC(C)C)nc1COC. The Bertz CT molecular complexity index is 353. The summed E-state index contributed by atoms with van der Waals surface area (Å²) in [5.74, 6) is 1.01. The third kappa shape index (κ3) is 6.75. The van der Waals surface area contributed by atoms with Crippen LogP contribution in [0.25, 0.3) is 0 Å². The Balaban J connectivity index is 2.55. The lowest BCUT2D eigenvalue weighted by Gasteiger charge is -2.03. The van der Waals surface area contributed by atoms with Crippen LogP contribution in [0.5, 0.6) is 0 Å². The molecule has 1 aromatic heterocycles. The van der Waals surface area contributed by atoms with E-state index in [9.17, 15) is 0 Å². The second-order valence-corrected chi connectivity index (χ2v) is 7.53. The highest BCUT2D eigenvalue weighted by Crippen LogP contribution is 2.25. The molecule has 0 radical (unpaired) electrons. The first-order valence-electron chi connectivity index (χ1n) is 6.96. The normalized spacial score (nSPS) is 11.4. The van der Waals surface area contributed by atoms with E-state index in [0.29, 0.717) is 11.9 Å². The fourth-order valence-electron chi connectivity index (χ4n) is 1.63. The minimum atomic E-state index is 0.619. The molecule has 0 aliphatic carbocycles. The standard InChI is InChI=1S/C14H26N2OS2/c1-5-6-7-15-8-13-12(9-17-4)16-14(19-13)10-18-11(2)3/h11,15H,5-10H2,1-4H3. The molecule has 0 aromatic carbocycles. The highest BCUT2D eigenvalue weighted by Gasteiger charge is 2.11. The van der Waals surface area contributed by atoms with Crippen molar-refractivity contribution in [2.75, 3.05) is 13.7 Å². The van der Waals surface area contributed by atoms with E-state index in [1.807, 2.05) is 23.1 Å². The predicted octanol–water partition coefficient (Wildman–Crippen LogP) is 3.82. The minimum absolute atomic E-state index is 0.619. The van der Waals surface area contributed by atoms with E-state index in [1.54, 1.807) is 7.11 Å². The van der Waals surface area contributed by atoms with Gasteiger partial charge in [-0.1, -0.05) is 27.2 Å². The fraction of sp³-hybridized carbons (Fsp3) is 0.786. The molecule has 0 fully saturated rings. The monoisotopic (exact) mass is 302 g/mol. The second kappa shape index (κ2) is 9.75. The highest BCUT2D eigenvalue weighted by atomic mass is 32.2. The first kappa shape index (κ1) is 17.0. The van der Waals surface area contributed by atoms with Crippen LogP contribution < -0.4 is 5.32 Å². The second-order valence-electron chi connectivity index (χ2n) is 4.80. The maximum absolute atomic E-state index is 5.24. The van der Waals surface area contributed by atoms with Crippen LogP contribution in [0.4, 0.5) is 0 Å². The summed E-state index contributed by atoms with van der Waals surface area (Å²) < 4.78 is 5.24. The van der Waals surface area contributed by atoms with Crippen LogP contribution in [-0.2, 0) is 23.6 Å². The number of thiazole rings is 1. The predicted molar refractivity (Wildman–Crippen MR) is 85.9 cm³/mol. The number of ether oxygens (including phenoxy) is 1. The first-order valence-corrected chi connectivity index (χ1v) is 8.82. The van der Waals surface area contributed by atoms with E-state index in [4.69, 9.17) is 9.72 Å². The molecule has 0 atom stereocenters. The van der Waals surface area contributed by atoms with Crippen molar-refractivity contribution < 1.29 is 4.74 Å². The average molecular weight is 303 g/mol. The number of rotatable bonds is 10. The van der Waals surface area contributed by atoms with Crippen LogP contribution in [0, 0.1) is 0 Å². The Labute approximate surface area is 125 Å². The van der Waals surface area contributed by atoms with E-state index < -0.39 is 0 Å². The van der Waals surface area contributed by atoms with Crippen molar-refractivity contribution in [2.24, 2.45) is 0 Å². The highest BCUT2D eigenvalue weighted by molar-refractivity contribution is 7.99. The van der Waals surface area contributed by atoms with Crippen LogP contribution in [-0.4, -0.2) is 23.9 Å². The van der Waals surface area contributed by atoms with Crippen LogP contribution in [0.15, 0.2) is 0 Å². The zero-order valence-electron chi connectivity index (χ0n) is 12.5. The molecule has 0 amide bonds. The molecular formula is C14H26N2OS2. The number of thioether (sulfide) groups is 1. The quantitative estimate of drug-likeness (QED) is 0.666. The number of hydrogen-bond donors (Lipinski definition) is 1. The molecule has 0 unspecified atom stereocenters. The van der Waals surface area contributed by atoms with Gasteiger partial charge in [0.2, 0.25) is 0 Å². The molecule has 1 N–H and O–H groups in total. The molecule has 5 heteroatoms. The van der Waals surface area contributed by atoms with Crippen molar-refractivity contribution in [3.05, 3.63) is 15.6 Å². The summed E-state index contributed by atoms with van der Waals surface area (Å²) in [5.41, 5.74) is 1.11. The van der Waals surface area contributed by atoms with Gasteiger partial charge in [-0.2, -0.15) is 11.8 Å². The van der Waals surface area contributed by atoms with Gasteiger partial charge in [0.1, 0.15) is 5.01 Å². The maximum atomic E-state index is 5.24. The van der Waals surface area contributed by atoms with E-state index in [1.165, 1.54) is 22.7 Å². The minimum Gasteiger partial charge on any atom is -0.378 e. The third-order valence-electron chi connectivity index (χ3n) is 2.64. The molecule has 0 saturated heterocycles. The molecule has 0 saturated carbocycles. The van der Waals surface area contributed by atoms with E-state index in [-0.39, 0.29) is 0 Å². The Hall–Kier alpha value is -0.100. The molecule has 110 valence electrons. The summed E-state index contributed by atoms with van der Waals surface area (Å²) >= 11 is 3.77. The summed E-state index contributed by atoms with van der Waals surface area (Å²) in [6.07, 6.45) is 2.46. The molecular weight excluding hydrogens is 276 g/mol. The lowest BCUT2D eigenvalue weighted by molar-refractivity contribution is 0.181. The van der Waals surface area contributed by atoms with Gasteiger partial charge in [-0.05, 0) is 18.2 Å². The van der Waals surface area contributed by atoms with E-state index >= 15 is 0 Å². The maximum Gasteiger partial charge on any atom is 0.103 e. The van der Waals surface area contributed by atoms with Crippen LogP contribution in [0.1, 0.15) is 49.2 Å². The van der Waals surface area contributed by atoms with Gasteiger partial charge in [0.15, 0.2) is 0 Å². The number of nitrogens with zero attached hydrogens (tertiary/aromatic N) is 1. The molecule has 0 aliphatic rings. The lowest BCUT2D eigenvalue weighted by atomic mass is 10.3. The van der Waals surface area contributed by atoms with E-state index in [0.717, 1.165) is 24.5 Å². The summed E-state index contributed by atoms with van der Waals surface area (Å²) in [6, 6.07) is 0. The van der Waals surface area contributed by atoms with Gasteiger partial charge in [0.25, 0.3) is 0 Å². The molecule has 0 spiro atoms. The Morgan fingerprint density at radius 1 is 1.42 bits per heavy atom. The molecule has 1 rings (SSSR count). The number of unbranched alkanes of at least 4 members (excludes halogenated alkanes) is 1. The Kier molecular flexibility index (Phi) is 8.70. The molecule has 1 heterocycles. The third-order valence-corrected chi connectivity index (χ3v) is 5.02. The summed E-state index contributed by atoms with van der Waals surface area (Å²) in [6.45, 7) is 9.28. The number of aromatic nitrogens is 1. The van der Waals surface area contributed by atoms with Gasteiger partial charge in [-0.15, -0.1) is 11.3 Å². The number of hydrogen-bond acceptors (Lipinski definition) is 5. The molecule has 0 bridgehead atoms. The van der Waals surface area contributed by atoms with Crippen molar-refractivity contribution in [1.29, 1.82) is 0 Å². The van der Waals surface area contributed by atoms with Gasteiger partial charge >= 0.3 is 0 Å². The largest absolute Gasteiger partial charge is 0.378 e. The van der Waals surface area contributed by atoms with Crippen LogP contribution in [0.2, 0.25) is 0 Å². The Morgan fingerprint density at radius 2 is 2.21 bits per heavy atom. The van der Waals surface area contributed by atoms with Crippen molar-refractivity contribution in [2.45, 2.75) is 57.8 Å². The van der Waals surface area contributed by atoms with Crippen molar-refractivity contribution >= 4 is 23.1 Å². The van der Waals surface area contributed by atoms with Crippen molar-refractivity contribution in [3.8, 4) is 0 Å². The van der Waals surface area contributed by atoms with Gasteiger partial charge in [-0.25, -0.2) is 4.98 Å². The first-order chi connectivity index (χ1) is 9.17. The van der Waals surface area contributed by atoms with Gasteiger partial charge in [-0.3, -0.25) is 0 Å². The summed E-state index contributed by atoms with van der Waals surface area (Å²) in [4.78, 5) is 6.03. The topological polar surface area (TPSA) is 34.2 Å². The number of nitrogens with one attached hydrogen (secondary N) is 1. The zero-order valence-corrected chi connectivity index (χ0v) is 14.1. The Morgan fingerprint density at radius 3 is 2.84 bits per heavy atom. The zero-order chi connectivity index (χ0) is 14.1. The molecule has 3 nitrogen and oxygen atoms in total. The van der Waals surface area contributed by atoms with Gasteiger partial charge < -0.3 is 10.1 Å². The van der Waals surface area contributed by atoms with Gasteiger partial charge in [0.05, 0.1) is 12.3 Å². The fourth-order valence-corrected chi connectivity index (χ4v) is 3.44. The number of methoxy groups -OCH3 is 1. The van der Waals surface area contributed by atoms with Gasteiger partial charge in [0, 0.05) is 24.3 Å². The molecule has 1 aromatic rings. The molecule has 19 heavy (non-hydrogen) atoms. The van der Waals surface area contributed by atoms with Crippen molar-refractivity contribution in [3.63, 3.8) is 0 Å². The average Bonchev–Trinajstić information content (AvgIpc) is 2.75.